The Labute approximate surface area is 248 Å². The van der Waals surface area contributed by atoms with E-state index in [-0.39, 0.29) is 31.4 Å². The quantitative estimate of drug-likeness (QED) is 0.0889. The van der Waals surface area contributed by atoms with E-state index >= 15 is 0 Å². The van der Waals surface area contributed by atoms with Crippen molar-refractivity contribution in [3.63, 3.8) is 0 Å². The standard InChI is InChI=1S/C30H31O12P/c1-22(31)40-27-14-8-6-10-24(27)16-18-29(33)36-20-38-43(35,42-26-12-4-3-5-13-26)39-21-37-30(34)19-17-25-11-7-9-15-28(25)41-23(2)32/h3-15H,16-21H2,1-2H3. The van der Waals surface area contributed by atoms with Crippen LogP contribution in [0.4, 0.5) is 0 Å². The molecule has 3 rings (SSSR count). The van der Waals surface area contributed by atoms with E-state index in [1.165, 1.54) is 26.0 Å². The topological polar surface area (TPSA) is 150 Å². The van der Waals surface area contributed by atoms with Gasteiger partial charge in [0, 0.05) is 26.7 Å². The minimum Gasteiger partial charge on any atom is -0.438 e. The van der Waals surface area contributed by atoms with Crippen LogP contribution in [0.25, 0.3) is 0 Å². The van der Waals surface area contributed by atoms with Crippen molar-refractivity contribution in [2.75, 3.05) is 13.6 Å². The Bertz CT molecular complexity index is 1350. The lowest BCUT2D eigenvalue weighted by atomic mass is 10.1. The highest BCUT2D eigenvalue weighted by Gasteiger charge is 2.30. The molecule has 13 heteroatoms. The molecule has 43 heavy (non-hydrogen) atoms. The van der Waals surface area contributed by atoms with Crippen molar-refractivity contribution in [2.24, 2.45) is 0 Å². The molecule has 228 valence electrons. The zero-order valence-corrected chi connectivity index (χ0v) is 24.5. The summed E-state index contributed by atoms with van der Waals surface area (Å²) in [4.78, 5) is 47.2. The van der Waals surface area contributed by atoms with Crippen molar-refractivity contribution in [3.8, 4) is 17.2 Å². The van der Waals surface area contributed by atoms with E-state index < -0.39 is 45.3 Å². The highest BCUT2D eigenvalue weighted by molar-refractivity contribution is 7.48. The number of carbonyl (C=O) groups excluding carboxylic acids is 4. The van der Waals surface area contributed by atoms with Gasteiger partial charge in [-0.15, -0.1) is 0 Å². The molecule has 0 bridgehead atoms. The van der Waals surface area contributed by atoms with Gasteiger partial charge in [-0.3, -0.25) is 19.2 Å². The Morgan fingerprint density at radius 2 is 1.02 bits per heavy atom. The van der Waals surface area contributed by atoms with Gasteiger partial charge in [-0.05, 0) is 48.2 Å². The molecule has 0 radical (unpaired) electrons. The molecule has 0 unspecified atom stereocenters. The highest BCUT2D eigenvalue weighted by atomic mass is 31.2. The smallest absolute Gasteiger partial charge is 0.438 e. The Hall–Kier alpha value is -4.51. The van der Waals surface area contributed by atoms with Gasteiger partial charge in [-0.25, -0.2) is 13.6 Å². The molecule has 3 aromatic carbocycles. The van der Waals surface area contributed by atoms with Gasteiger partial charge in [-0.2, -0.15) is 0 Å². The van der Waals surface area contributed by atoms with E-state index in [1.807, 2.05) is 0 Å². The molecule has 0 aliphatic heterocycles. The van der Waals surface area contributed by atoms with Crippen molar-refractivity contribution in [1.82, 2.24) is 0 Å². The molecule has 0 fully saturated rings. The summed E-state index contributed by atoms with van der Waals surface area (Å²) in [6.45, 7) is 0.980. The first-order valence-electron chi connectivity index (χ1n) is 13.1. The van der Waals surface area contributed by atoms with Crippen LogP contribution in [0.15, 0.2) is 78.9 Å². The SMILES string of the molecule is CC(=O)Oc1ccccc1CCC(=O)OCOP(=O)(OCOC(=O)CCc1ccccc1OC(C)=O)Oc1ccccc1. The zero-order chi connectivity index (χ0) is 31.1. The summed E-state index contributed by atoms with van der Waals surface area (Å²) in [5.74, 6) is -1.57. The number of hydrogen-bond acceptors (Lipinski definition) is 12. The molecule has 0 amide bonds. The van der Waals surface area contributed by atoms with Crippen LogP contribution in [0.5, 0.6) is 17.2 Å². The number of phosphoric ester groups is 1. The van der Waals surface area contributed by atoms with Crippen LogP contribution in [0, 0.1) is 0 Å². The summed E-state index contributed by atoms with van der Waals surface area (Å²) in [5.41, 5.74) is 1.24. The van der Waals surface area contributed by atoms with Gasteiger partial charge >= 0.3 is 31.7 Å². The summed E-state index contributed by atoms with van der Waals surface area (Å²) < 4.78 is 49.2. The van der Waals surface area contributed by atoms with E-state index in [4.69, 9.17) is 32.5 Å². The Kier molecular flexibility index (Phi) is 12.9. The van der Waals surface area contributed by atoms with Crippen LogP contribution >= 0.6 is 7.82 Å². The zero-order valence-electron chi connectivity index (χ0n) is 23.6. The molecular weight excluding hydrogens is 583 g/mol. The van der Waals surface area contributed by atoms with E-state index in [0.29, 0.717) is 22.6 Å². The van der Waals surface area contributed by atoms with Crippen molar-refractivity contribution in [3.05, 3.63) is 90.0 Å². The molecule has 0 N–H and O–H groups in total. The number of carbonyl (C=O) groups is 4. The monoisotopic (exact) mass is 614 g/mol. The third-order valence-corrected chi connectivity index (χ3v) is 6.75. The van der Waals surface area contributed by atoms with E-state index in [2.05, 4.69) is 0 Å². The number of rotatable bonds is 16. The van der Waals surface area contributed by atoms with Crippen LogP contribution in [0.3, 0.4) is 0 Å². The first-order valence-corrected chi connectivity index (χ1v) is 14.6. The van der Waals surface area contributed by atoms with Crippen molar-refractivity contribution in [1.29, 1.82) is 0 Å². The number of aryl methyl sites for hydroxylation is 2. The Morgan fingerprint density at radius 3 is 1.47 bits per heavy atom. The molecule has 0 aliphatic carbocycles. The molecule has 0 saturated heterocycles. The lowest BCUT2D eigenvalue weighted by Crippen LogP contribution is -2.14. The summed E-state index contributed by atoms with van der Waals surface area (Å²) in [7, 11) is -4.42. The molecular formula is C30H31O12P. The van der Waals surface area contributed by atoms with Gasteiger partial charge in [0.1, 0.15) is 17.2 Å². The number of ether oxygens (including phenoxy) is 4. The molecule has 0 heterocycles. The number of phosphoric acid groups is 1. The van der Waals surface area contributed by atoms with Gasteiger partial charge in [0.25, 0.3) is 0 Å². The van der Waals surface area contributed by atoms with Crippen LogP contribution < -0.4 is 14.0 Å². The minimum absolute atomic E-state index is 0.0927. The van der Waals surface area contributed by atoms with E-state index in [1.54, 1.807) is 66.7 Å². The predicted molar refractivity (Wildman–Crippen MR) is 151 cm³/mol. The fourth-order valence-electron chi connectivity index (χ4n) is 3.56. The van der Waals surface area contributed by atoms with Gasteiger partial charge in [0.2, 0.25) is 13.6 Å². The van der Waals surface area contributed by atoms with Crippen molar-refractivity contribution < 1.29 is 56.3 Å². The maximum absolute atomic E-state index is 13.3. The minimum atomic E-state index is -4.42. The van der Waals surface area contributed by atoms with E-state index in [0.717, 1.165) is 0 Å². The average Bonchev–Trinajstić information content (AvgIpc) is 2.96. The lowest BCUT2D eigenvalue weighted by Gasteiger charge is -2.18. The normalized spacial score (nSPS) is 10.8. The molecule has 3 aromatic rings. The summed E-state index contributed by atoms with van der Waals surface area (Å²) in [5, 5.41) is 0. The van der Waals surface area contributed by atoms with Crippen molar-refractivity contribution in [2.45, 2.75) is 39.5 Å². The van der Waals surface area contributed by atoms with Crippen LogP contribution in [-0.4, -0.2) is 37.5 Å². The molecule has 0 aromatic heterocycles. The van der Waals surface area contributed by atoms with Crippen LogP contribution in [-0.2, 0) is 55.1 Å². The third kappa shape index (κ3) is 12.1. The lowest BCUT2D eigenvalue weighted by molar-refractivity contribution is -0.153. The number of para-hydroxylation sites is 3. The average molecular weight is 615 g/mol. The van der Waals surface area contributed by atoms with E-state index in [9.17, 15) is 23.7 Å². The predicted octanol–water partition coefficient (Wildman–Crippen LogP) is 5.32. The van der Waals surface area contributed by atoms with Crippen LogP contribution in [0.2, 0.25) is 0 Å². The van der Waals surface area contributed by atoms with Crippen LogP contribution in [0.1, 0.15) is 37.8 Å². The van der Waals surface area contributed by atoms with Gasteiger partial charge < -0.3 is 23.5 Å². The summed E-state index contributed by atoms with van der Waals surface area (Å²) >= 11 is 0. The first kappa shape index (κ1) is 33.0. The maximum atomic E-state index is 13.3. The number of esters is 4. The molecule has 0 aliphatic rings. The fraction of sp³-hybridized carbons (Fsp3) is 0.267. The third-order valence-electron chi connectivity index (χ3n) is 5.47. The second kappa shape index (κ2) is 16.8. The summed E-state index contributed by atoms with van der Waals surface area (Å²) in [6.07, 6.45) is 0.228. The largest absolute Gasteiger partial charge is 0.535 e. The van der Waals surface area contributed by atoms with Gasteiger partial charge in [-0.1, -0.05) is 54.6 Å². The second-order valence-electron chi connectivity index (χ2n) is 8.78. The first-order chi connectivity index (χ1) is 20.6. The number of benzene rings is 3. The number of hydrogen-bond donors (Lipinski definition) is 0. The maximum Gasteiger partial charge on any atom is 0.535 e. The second-order valence-corrected chi connectivity index (χ2v) is 10.4. The van der Waals surface area contributed by atoms with Gasteiger partial charge in [0.05, 0.1) is 0 Å². The molecule has 0 atom stereocenters. The molecule has 0 saturated carbocycles. The molecule has 0 spiro atoms. The summed E-state index contributed by atoms with van der Waals surface area (Å²) in [6, 6.07) is 21.4. The van der Waals surface area contributed by atoms with Gasteiger partial charge in [0.15, 0.2) is 0 Å². The Morgan fingerprint density at radius 1 is 0.605 bits per heavy atom. The highest BCUT2D eigenvalue weighted by Crippen LogP contribution is 2.49. The Balaban J connectivity index is 1.50. The van der Waals surface area contributed by atoms with Crippen molar-refractivity contribution >= 4 is 31.7 Å². The molecule has 12 nitrogen and oxygen atoms in total. The fourth-order valence-corrected chi connectivity index (χ4v) is 4.48.